The maximum absolute atomic E-state index is 11.9. The van der Waals surface area contributed by atoms with Crippen molar-refractivity contribution in [3.63, 3.8) is 0 Å². The Balaban J connectivity index is 2.87. The minimum absolute atomic E-state index is 0.0216. The van der Waals surface area contributed by atoms with E-state index in [2.05, 4.69) is 32.9 Å². The molecule has 21 heavy (non-hydrogen) atoms. The number of hydrogen-bond donors (Lipinski definition) is 3. The first kappa shape index (κ1) is 17.1. The second-order valence-corrected chi connectivity index (χ2v) is 5.65. The lowest BCUT2D eigenvalue weighted by atomic mass is 10.1. The van der Waals surface area contributed by atoms with E-state index in [0.717, 1.165) is 0 Å². The van der Waals surface area contributed by atoms with E-state index in [1.165, 1.54) is 6.20 Å². The van der Waals surface area contributed by atoms with Crippen LogP contribution < -0.4 is 5.32 Å². The molecule has 0 aliphatic heterocycles. The molecule has 0 bridgehead atoms. The lowest BCUT2D eigenvalue weighted by Crippen LogP contribution is -2.42. The van der Waals surface area contributed by atoms with Crippen LogP contribution in [0.4, 0.5) is 0 Å². The molecule has 7 nitrogen and oxygen atoms in total. The van der Waals surface area contributed by atoms with E-state index in [1.54, 1.807) is 12.3 Å². The van der Waals surface area contributed by atoms with Gasteiger partial charge in [-0.05, 0) is 26.8 Å². The number of carboxylic acid groups (broad SMARTS) is 1. The van der Waals surface area contributed by atoms with Gasteiger partial charge in [-0.15, -0.1) is 0 Å². The number of aliphatic carboxylic acids is 1. The van der Waals surface area contributed by atoms with Gasteiger partial charge in [0.05, 0.1) is 11.2 Å². The Hall–Kier alpha value is -1.96. The Bertz CT molecular complexity index is 555. The monoisotopic (exact) mass is 310 g/mol. The van der Waals surface area contributed by atoms with Crippen LogP contribution in [0.25, 0.3) is 0 Å². The summed E-state index contributed by atoms with van der Waals surface area (Å²) in [5, 5.41) is 11.2. The van der Waals surface area contributed by atoms with Crippen LogP contribution in [0.1, 0.15) is 37.1 Å². The van der Waals surface area contributed by atoms with Crippen molar-refractivity contribution in [3.05, 3.63) is 23.8 Å². The fraction of sp³-hybridized carbons (Fsp3) is 0.462. The van der Waals surface area contributed by atoms with Gasteiger partial charge in [0.25, 0.3) is 5.91 Å². The number of carbonyl (C=O) groups is 2. The standard InChI is InChI=1S/C13H18N4O3S/c1-13(2,3)15-6-8-4-5-14-10(16-8)11(18)17-9(7-21)12(19)20/h4-6,9,21H,7H2,1-3H3,(H,17,18)(H,19,20). The van der Waals surface area contributed by atoms with Crippen molar-refractivity contribution in [3.8, 4) is 0 Å². The maximum atomic E-state index is 11.9. The number of nitrogens with zero attached hydrogens (tertiary/aromatic N) is 3. The molecular weight excluding hydrogens is 292 g/mol. The van der Waals surface area contributed by atoms with E-state index in [0.29, 0.717) is 5.69 Å². The van der Waals surface area contributed by atoms with Crippen LogP contribution in [0, 0.1) is 0 Å². The fourth-order valence-electron chi connectivity index (χ4n) is 1.22. The number of rotatable bonds is 5. The third-order valence-electron chi connectivity index (χ3n) is 2.25. The lowest BCUT2D eigenvalue weighted by Gasteiger charge is -2.11. The van der Waals surface area contributed by atoms with Crippen molar-refractivity contribution in [1.82, 2.24) is 15.3 Å². The van der Waals surface area contributed by atoms with Gasteiger partial charge in [0, 0.05) is 18.2 Å². The second-order valence-electron chi connectivity index (χ2n) is 5.28. The van der Waals surface area contributed by atoms with Crippen LogP contribution in [0.2, 0.25) is 0 Å². The Morgan fingerprint density at radius 1 is 1.52 bits per heavy atom. The SMILES string of the molecule is CC(C)(C)N=Cc1ccnc(C(=O)NC(CS)C(=O)O)n1. The van der Waals surface area contributed by atoms with E-state index < -0.39 is 17.9 Å². The van der Waals surface area contributed by atoms with Crippen LogP contribution in [0.15, 0.2) is 17.3 Å². The van der Waals surface area contributed by atoms with Crippen molar-refractivity contribution in [2.24, 2.45) is 4.99 Å². The molecule has 0 aliphatic carbocycles. The minimum atomic E-state index is -1.16. The molecule has 1 rings (SSSR count). The zero-order valence-corrected chi connectivity index (χ0v) is 13.0. The van der Waals surface area contributed by atoms with Gasteiger partial charge in [0.15, 0.2) is 0 Å². The van der Waals surface area contributed by atoms with Gasteiger partial charge < -0.3 is 10.4 Å². The molecule has 1 aromatic rings. The summed E-state index contributed by atoms with van der Waals surface area (Å²) >= 11 is 3.87. The lowest BCUT2D eigenvalue weighted by molar-refractivity contribution is -0.138. The largest absolute Gasteiger partial charge is 0.480 e. The predicted octanol–water partition coefficient (Wildman–Crippen LogP) is 0.807. The first-order valence-corrected chi connectivity index (χ1v) is 6.89. The molecule has 8 heteroatoms. The van der Waals surface area contributed by atoms with E-state index >= 15 is 0 Å². The third kappa shape index (κ3) is 5.90. The van der Waals surface area contributed by atoms with E-state index in [1.807, 2.05) is 20.8 Å². The van der Waals surface area contributed by atoms with Gasteiger partial charge in [-0.2, -0.15) is 12.6 Å². The van der Waals surface area contributed by atoms with E-state index in [4.69, 9.17) is 5.11 Å². The van der Waals surface area contributed by atoms with Gasteiger partial charge in [0.2, 0.25) is 5.82 Å². The molecule has 0 radical (unpaired) electrons. The molecule has 0 aliphatic rings. The number of aromatic nitrogens is 2. The van der Waals surface area contributed by atoms with Gasteiger partial charge in [-0.3, -0.25) is 9.79 Å². The van der Waals surface area contributed by atoms with Gasteiger partial charge in [0.1, 0.15) is 6.04 Å². The van der Waals surface area contributed by atoms with Crippen LogP contribution in [-0.4, -0.2) is 50.5 Å². The van der Waals surface area contributed by atoms with Crippen LogP contribution in [0.3, 0.4) is 0 Å². The Kier molecular flexibility index (Phi) is 5.83. The molecule has 0 fully saturated rings. The van der Waals surface area contributed by atoms with E-state index in [-0.39, 0.29) is 17.1 Å². The molecule has 0 saturated heterocycles. The van der Waals surface area contributed by atoms with Crippen LogP contribution >= 0.6 is 12.6 Å². The highest BCUT2D eigenvalue weighted by Gasteiger charge is 2.20. The molecule has 1 aromatic heterocycles. The van der Waals surface area contributed by atoms with Crippen molar-refractivity contribution < 1.29 is 14.7 Å². The number of amides is 1. The highest BCUT2D eigenvalue weighted by molar-refractivity contribution is 7.80. The first-order valence-electron chi connectivity index (χ1n) is 6.26. The fourth-order valence-corrected chi connectivity index (χ4v) is 1.47. The number of nitrogens with one attached hydrogen (secondary N) is 1. The highest BCUT2D eigenvalue weighted by atomic mass is 32.1. The molecule has 0 spiro atoms. The summed E-state index contributed by atoms with van der Waals surface area (Å²) in [6.07, 6.45) is 2.97. The Labute approximate surface area is 128 Å². The Morgan fingerprint density at radius 3 is 2.71 bits per heavy atom. The Morgan fingerprint density at radius 2 is 2.19 bits per heavy atom. The van der Waals surface area contributed by atoms with Crippen molar-refractivity contribution in [2.75, 3.05) is 5.75 Å². The average molecular weight is 310 g/mol. The molecule has 114 valence electrons. The summed E-state index contributed by atoms with van der Waals surface area (Å²) in [7, 11) is 0. The van der Waals surface area contributed by atoms with Gasteiger partial charge in [-0.1, -0.05) is 0 Å². The van der Waals surface area contributed by atoms with E-state index in [9.17, 15) is 9.59 Å². The number of carboxylic acids is 1. The third-order valence-corrected chi connectivity index (χ3v) is 2.62. The first-order chi connectivity index (χ1) is 9.73. The average Bonchev–Trinajstić information content (AvgIpc) is 2.41. The number of aliphatic imine (C=N–C) groups is 1. The molecule has 1 atom stereocenters. The molecule has 0 aromatic carbocycles. The molecular formula is C13H18N4O3S. The van der Waals surface area contributed by atoms with Crippen molar-refractivity contribution >= 4 is 30.7 Å². The molecule has 1 unspecified atom stereocenters. The zero-order valence-electron chi connectivity index (χ0n) is 12.1. The second kappa shape index (κ2) is 7.16. The predicted molar refractivity (Wildman–Crippen MR) is 82.1 cm³/mol. The molecule has 1 heterocycles. The maximum Gasteiger partial charge on any atom is 0.327 e. The summed E-state index contributed by atoms with van der Waals surface area (Å²) in [6.45, 7) is 5.80. The molecule has 2 N–H and O–H groups in total. The minimum Gasteiger partial charge on any atom is -0.480 e. The van der Waals surface area contributed by atoms with Crippen molar-refractivity contribution in [2.45, 2.75) is 32.4 Å². The highest BCUT2D eigenvalue weighted by Crippen LogP contribution is 2.06. The van der Waals surface area contributed by atoms with Crippen LogP contribution in [0.5, 0.6) is 0 Å². The quantitative estimate of drug-likeness (QED) is 0.551. The summed E-state index contributed by atoms with van der Waals surface area (Å²) in [4.78, 5) is 34.9. The normalized spacial score (nSPS) is 13.1. The summed E-state index contributed by atoms with van der Waals surface area (Å²) in [6, 6.07) is 0.524. The van der Waals surface area contributed by atoms with Gasteiger partial charge >= 0.3 is 5.97 Å². The van der Waals surface area contributed by atoms with Crippen LogP contribution in [-0.2, 0) is 4.79 Å². The topological polar surface area (TPSA) is 105 Å². The van der Waals surface area contributed by atoms with Gasteiger partial charge in [-0.25, -0.2) is 14.8 Å². The summed E-state index contributed by atoms with van der Waals surface area (Å²) < 4.78 is 0. The summed E-state index contributed by atoms with van der Waals surface area (Å²) in [5.74, 6) is -1.96. The summed E-state index contributed by atoms with van der Waals surface area (Å²) in [5.41, 5.74) is 0.219. The van der Waals surface area contributed by atoms with Crippen molar-refractivity contribution in [1.29, 1.82) is 0 Å². The molecule has 0 saturated carbocycles. The number of thiol groups is 1. The molecule has 1 amide bonds. The number of hydrogen-bond acceptors (Lipinski definition) is 6. The smallest absolute Gasteiger partial charge is 0.327 e. The zero-order chi connectivity index (χ0) is 16.0. The number of carbonyl (C=O) groups excluding carboxylic acids is 1.